The molecule has 1 heterocycles. The highest BCUT2D eigenvalue weighted by atomic mass is 19.4. The largest absolute Gasteiger partial charge is 0.416 e. The summed E-state index contributed by atoms with van der Waals surface area (Å²) < 4.78 is 38.6. The highest BCUT2D eigenvalue weighted by Gasteiger charge is 2.49. The van der Waals surface area contributed by atoms with Crippen molar-refractivity contribution >= 4 is 11.6 Å². The van der Waals surface area contributed by atoms with Crippen molar-refractivity contribution in [2.45, 2.75) is 25.1 Å². The SMILES string of the molecule is Cc1ccc(C2C(c3ccccc3)C(=O)N2c2ccc(C(F)(F)F)cc2)cc1. The molecule has 1 aliphatic rings. The van der Waals surface area contributed by atoms with Crippen molar-refractivity contribution < 1.29 is 18.0 Å². The maximum atomic E-state index is 13.0. The van der Waals surface area contributed by atoms with Gasteiger partial charge in [-0.05, 0) is 42.3 Å². The Morgan fingerprint density at radius 2 is 1.39 bits per heavy atom. The van der Waals surface area contributed by atoms with Crippen molar-refractivity contribution in [3.63, 3.8) is 0 Å². The molecule has 0 aliphatic carbocycles. The van der Waals surface area contributed by atoms with Gasteiger partial charge < -0.3 is 4.90 Å². The smallest absolute Gasteiger partial charge is 0.303 e. The van der Waals surface area contributed by atoms with Crippen LogP contribution >= 0.6 is 0 Å². The summed E-state index contributed by atoms with van der Waals surface area (Å²) in [5, 5.41) is 0. The molecule has 5 heteroatoms. The van der Waals surface area contributed by atoms with E-state index < -0.39 is 11.7 Å². The van der Waals surface area contributed by atoms with Gasteiger partial charge in [0, 0.05) is 5.69 Å². The molecule has 1 saturated heterocycles. The summed E-state index contributed by atoms with van der Waals surface area (Å²) >= 11 is 0. The van der Waals surface area contributed by atoms with E-state index in [2.05, 4.69) is 0 Å². The molecule has 2 unspecified atom stereocenters. The average Bonchev–Trinajstić information content (AvgIpc) is 2.68. The summed E-state index contributed by atoms with van der Waals surface area (Å²) in [7, 11) is 0. The lowest BCUT2D eigenvalue weighted by atomic mass is 9.77. The van der Waals surface area contributed by atoms with Gasteiger partial charge in [0.2, 0.25) is 5.91 Å². The molecule has 0 N–H and O–H groups in total. The van der Waals surface area contributed by atoms with Gasteiger partial charge in [0.05, 0.1) is 17.5 Å². The number of amides is 1. The minimum absolute atomic E-state index is 0.114. The molecular weight excluding hydrogens is 363 g/mol. The molecule has 0 radical (unpaired) electrons. The Morgan fingerprint density at radius 1 is 0.786 bits per heavy atom. The monoisotopic (exact) mass is 381 g/mol. The van der Waals surface area contributed by atoms with Crippen LogP contribution in [0.15, 0.2) is 78.9 Å². The fourth-order valence-electron chi connectivity index (χ4n) is 3.68. The fourth-order valence-corrected chi connectivity index (χ4v) is 3.68. The Balaban J connectivity index is 1.73. The number of halogens is 3. The second-order valence-corrected chi connectivity index (χ2v) is 7.00. The van der Waals surface area contributed by atoms with Crippen LogP contribution in [0.25, 0.3) is 0 Å². The quantitative estimate of drug-likeness (QED) is 0.519. The first-order valence-corrected chi connectivity index (χ1v) is 8.98. The Hall–Kier alpha value is -3.08. The van der Waals surface area contributed by atoms with E-state index in [4.69, 9.17) is 0 Å². The lowest BCUT2D eigenvalue weighted by molar-refractivity contribution is -0.137. The van der Waals surface area contributed by atoms with Crippen LogP contribution in [-0.4, -0.2) is 5.91 Å². The Kier molecular flexibility index (Phi) is 4.46. The number of rotatable bonds is 3. The molecule has 0 bridgehead atoms. The van der Waals surface area contributed by atoms with E-state index in [0.29, 0.717) is 5.69 Å². The van der Waals surface area contributed by atoms with Crippen molar-refractivity contribution in [2.24, 2.45) is 0 Å². The first-order chi connectivity index (χ1) is 13.4. The standard InChI is InChI=1S/C23H18F3NO/c1-15-7-9-17(10-8-15)21-20(16-5-3-2-4-6-16)22(28)27(21)19-13-11-18(12-14-19)23(24,25)26/h2-14,20-21H,1H3. The second kappa shape index (κ2) is 6.82. The van der Waals surface area contributed by atoms with Crippen LogP contribution in [0.5, 0.6) is 0 Å². The molecule has 0 spiro atoms. The molecule has 3 aromatic carbocycles. The summed E-state index contributed by atoms with van der Waals surface area (Å²) in [5.41, 5.74) is 2.71. The van der Waals surface area contributed by atoms with Crippen molar-refractivity contribution in [1.29, 1.82) is 0 Å². The predicted octanol–water partition coefficient (Wildman–Crippen LogP) is 5.89. The minimum atomic E-state index is -4.40. The molecule has 28 heavy (non-hydrogen) atoms. The van der Waals surface area contributed by atoms with Gasteiger partial charge in [0.25, 0.3) is 0 Å². The molecule has 0 saturated carbocycles. The molecule has 1 amide bonds. The summed E-state index contributed by atoms with van der Waals surface area (Å²) in [4.78, 5) is 14.6. The maximum Gasteiger partial charge on any atom is 0.416 e. The zero-order valence-corrected chi connectivity index (χ0v) is 15.1. The third-order valence-corrected chi connectivity index (χ3v) is 5.15. The second-order valence-electron chi connectivity index (χ2n) is 7.00. The Morgan fingerprint density at radius 3 is 1.96 bits per heavy atom. The van der Waals surface area contributed by atoms with Crippen molar-refractivity contribution in [2.75, 3.05) is 4.90 Å². The molecular formula is C23H18F3NO. The number of hydrogen-bond acceptors (Lipinski definition) is 1. The van der Waals surface area contributed by atoms with Crippen LogP contribution in [0.4, 0.5) is 18.9 Å². The van der Waals surface area contributed by atoms with E-state index in [9.17, 15) is 18.0 Å². The van der Waals surface area contributed by atoms with Crippen LogP contribution in [0.1, 0.15) is 34.2 Å². The van der Waals surface area contributed by atoms with Gasteiger partial charge in [-0.3, -0.25) is 4.79 Å². The van der Waals surface area contributed by atoms with Gasteiger partial charge in [-0.15, -0.1) is 0 Å². The van der Waals surface area contributed by atoms with E-state index in [1.165, 1.54) is 12.1 Å². The number of hydrogen-bond donors (Lipinski definition) is 0. The number of carbonyl (C=O) groups is 1. The normalized spacial score (nSPS) is 19.4. The van der Waals surface area contributed by atoms with Crippen LogP contribution in [0.2, 0.25) is 0 Å². The van der Waals surface area contributed by atoms with Gasteiger partial charge in [-0.25, -0.2) is 0 Å². The molecule has 2 atom stereocenters. The van der Waals surface area contributed by atoms with E-state index >= 15 is 0 Å². The van der Waals surface area contributed by atoms with E-state index in [1.54, 1.807) is 4.90 Å². The first-order valence-electron chi connectivity index (χ1n) is 8.98. The lowest BCUT2D eigenvalue weighted by Gasteiger charge is -2.48. The number of β-lactam (4-membered cyclic amide) rings is 1. The van der Waals surface area contributed by atoms with Crippen molar-refractivity contribution in [3.05, 3.63) is 101 Å². The topological polar surface area (TPSA) is 20.3 Å². The fraction of sp³-hybridized carbons (Fsp3) is 0.174. The van der Waals surface area contributed by atoms with Gasteiger partial charge >= 0.3 is 6.18 Å². The van der Waals surface area contributed by atoms with Crippen LogP contribution in [-0.2, 0) is 11.0 Å². The number of aryl methyl sites for hydroxylation is 1. The summed E-state index contributed by atoms with van der Waals surface area (Å²) in [6, 6.07) is 21.9. The molecule has 3 aromatic rings. The zero-order chi connectivity index (χ0) is 19.9. The van der Waals surface area contributed by atoms with Crippen molar-refractivity contribution in [3.8, 4) is 0 Å². The number of nitrogens with zero attached hydrogens (tertiary/aromatic N) is 1. The van der Waals surface area contributed by atoms with E-state index in [0.717, 1.165) is 28.8 Å². The molecule has 2 nitrogen and oxygen atoms in total. The van der Waals surface area contributed by atoms with Gasteiger partial charge in [-0.2, -0.15) is 13.2 Å². The molecule has 4 rings (SSSR count). The molecule has 1 aliphatic heterocycles. The van der Waals surface area contributed by atoms with Gasteiger partial charge in [-0.1, -0.05) is 60.2 Å². The highest BCUT2D eigenvalue weighted by Crippen LogP contribution is 2.49. The van der Waals surface area contributed by atoms with E-state index in [-0.39, 0.29) is 17.9 Å². The van der Waals surface area contributed by atoms with Crippen LogP contribution < -0.4 is 4.90 Å². The summed E-state index contributed by atoms with van der Waals surface area (Å²) in [6.45, 7) is 1.98. The molecule has 1 fully saturated rings. The number of benzene rings is 3. The zero-order valence-electron chi connectivity index (χ0n) is 15.1. The number of carbonyl (C=O) groups excluding carboxylic acids is 1. The number of anilines is 1. The van der Waals surface area contributed by atoms with Crippen molar-refractivity contribution in [1.82, 2.24) is 0 Å². The average molecular weight is 381 g/mol. The van der Waals surface area contributed by atoms with Gasteiger partial charge in [0.1, 0.15) is 0 Å². The molecule has 142 valence electrons. The third-order valence-electron chi connectivity index (χ3n) is 5.15. The summed E-state index contributed by atoms with van der Waals surface area (Å²) in [6.07, 6.45) is -4.40. The lowest BCUT2D eigenvalue weighted by Crippen LogP contribution is -2.53. The minimum Gasteiger partial charge on any atom is -0.303 e. The summed E-state index contributed by atoms with van der Waals surface area (Å²) in [5.74, 6) is -0.470. The van der Waals surface area contributed by atoms with Crippen LogP contribution in [0.3, 0.4) is 0 Å². The third kappa shape index (κ3) is 3.17. The highest BCUT2D eigenvalue weighted by molar-refractivity contribution is 6.06. The first kappa shape index (κ1) is 18.3. The Bertz CT molecular complexity index is 979. The van der Waals surface area contributed by atoms with E-state index in [1.807, 2.05) is 61.5 Å². The number of alkyl halides is 3. The van der Waals surface area contributed by atoms with Crippen LogP contribution in [0, 0.1) is 6.92 Å². The predicted molar refractivity (Wildman–Crippen MR) is 102 cm³/mol. The van der Waals surface area contributed by atoms with Gasteiger partial charge in [0.15, 0.2) is 0 Å². The Labute approximate surface area is 161 Å². The maximum absolute atomic E-state index is 13.0. The molecule has 0 aromatic heterocycles.